The number of ether oxygens (including phenoxy) is 2. The van der Waals surface area contributed by atoms with Crippen molar-refractivity contribution in [2.24, 2.45) is 0 Å². The zero-order valence-electron chi connectivity index (χ0n) is 13.7. The van der Waals surface area contributed by atoms with Crippen LogP contribution in [0.25, 0.3) is 10.9 Å². The van der Waals surface area contributed by atoms with E-state index < -0.39 is 0 Å². The van der Waals surface area contributed by atoms with E-state index in [1.165, 1.54) is 11.3 Å². The van der Waals surface area contributed by atoms with Crippen molar-refractivity contribution in [3.05, 3.63) is 54.2 Å². The predicted molar refractivity (Wildman–Crippen MR) is 99.2 cm³/mol. The van der Waals surface area contributed by atoms with Gasteiger partial charge in [-0.3, -0.25) is 4.98 Å². The summed E-state index contributed by atoms with van der Waals surface area (Å²) in [5.41, 5.74) is 4.45. The average molecular weight is 343 g/mol. The number of benzene rings is 2. The second-order valence-corrected chi connectivity index (χ2v) is 5.56. The minimum atomic E-state index is 0. The lowest BCUT2D eigenvalue weighted by atomic mass is 10.1. The Morgan fingerprint density at radius 1 is 0.958 bits per heavy atom. The maximum absolute atomic E-state index is 5.55. The molecule has 4 rings (SSSR count). The van der Waals surface area contributed by atoms with Crippen LogP contribution in [0.3, 0.4) is 0 Å². The van der Waals surface area contributed by atoms with Crippen LogP contribution in [0.15, 0.2) is 48.7 Å². The number of halogens is 1. The Hall–Kier alpha value is -2.46. The first-order chi connectivity index (χ1) is 11.3. The van der Waals surface area contributed by atoms with E-state index in [2.05, 4.69) is 22.0 Å². The Morgan fingerprint density at radius 2 is 1.71 bits per heavy atom. The molecule has 0 spiro atoms. The van der Waals surface area contributed by atoms with Crippen LogP contribution >= 0.6 is 12.4 Å². The van der Waals surface area contributed by atoms with E-state index in [9.17, 15) is 0 Å². The first-order valence-corrected chi connectivity index (χ1v) is 7.68. The summed E-state index contributed by atoms with van der Waals surface area (Å²) in [7, 11) is 3.39. The predicted octanol–water partition coefficient (Wildman–Crippen LogP) is 4.37. The summed E-state index contributed by atoms with van der Waals surface area (Å²) in [6.45, 7) is 0.924. The summed E-state index contributed by atoms with van der Waals surface area (Å²) in [5, 5.41) is 1.12. The first kappa shape index (κ1) is 16.4. The number of fused-ring (bicyclic) bond motifs is 3. The van der Waals surface area contributed by atoms with Gasteiger partial charge in [0.05, 0.1) is 25.6 Å². The topological polar surface area (TPSA) is 34.6 Å². The molecule has 0 amide bonds. The van der Waals surface area contributed by atoms with E-state index >= 15 is 0 Å². The van der Waals surface area contributed by atoms with E-state index in [4.69, 9.17) is 9.47 Å². The smallest absolute Gasteiger partial charge is 0.145 e. The van der Waals surface area contributed by atoms with Gasteiger partial charge in [-0.05, 0) is 30.2 Å². The Bertz CT molecular complexity index is 882. The fourth-order valence-electron chi connectivity index (χ4n) is 3.33. The lowest BCUT2D eigenvalue weighted by Crippen LogP contribution is -2.14. The number of nitrogens with zero attached hydrogens (tertiary/aromatic N) is 2. The van der Waals surface area contributed by atoms with Crippen LogP contribution in [0.5, 0.6) is 11.5 Å². The first-order valence-electron chi connectivity index (χ1n) is 7.68. The highest BCUT2D eigenvalue weighted by molar-refractivity contribution is 5.99. The summed E-state index contributed by atoms with van der Waals surface area (Å²) in [6, 6.07) is 14.2. The normalized spacial score (nSPS) is 12.7. The van der Waals surface area contributed by atoms with Gasteiger partial charge in [-0.15, -0.1) is 12.4 Å². The van der Waals surface area contributed by atoms with Gasteiger partial charge in [0, 0.05) is 18.1 Å². The number of hydrogen-bond donors (Lipinski definition) is 0. The van der Waals surface area contributed by atoms with Crippen molar-refractivity contribution >= 4 is 34.7 Å². The molecule has 0 bridgehead atoms. The maximum atomic E-state index is 5.55. The molecule has 4 nitrogen and oxygen atoms in total. The van der Waals surface area contributed by atoms with Crippen LogP contribution in [0.2, 0.25) is 0 Å². The van der Waals surface area contributed by atoms with Gasteiger partial charge in [0.2, 0.25) is 0 Å². The van der Waals surface area contributed by atoms with Gasteiger partial charge in [-0.25, -0.2) is 0 Å². The second-order valence-electron chi connectivity index (χ2n) is 5.56. The molecule has 0 unspecified atom stereocenters. The molecule has 1 aromatic heterocycles. The molecule has 0 saturated carbocycles. The SMILES string of the molecule is COc1ccccc1N1CCc2cnc3c(OC)cccc3c21.Cl. The largest absolute Gasteiger partial charge is 0.495 e. The Labute approximate surface area is 147 Å². The number of methoxy groups -OCH3 is 2. The van der Waals surface area contributed by atoms with Crippen LogP contribution in [0, 0.1) is 0 Å². The molecule has 1 aliphatic rings. The third-order valence-corrected chi connectivity index (χ3v) is 4.38. The third kappa shape index (κ3) is 2.43. The van der Waals surface area contributed by atoms with E-state index in [1.54, 1.807) is 14.2 Å². The second kappa shape index (κ2) is 6.57. The van der Waals surface area contributed by atoms with Gasteiger partial charge in [0.1, 0.15) is 17.0 Å². The van der Waals surface area contributed by atoms with Crippen LogP contribution in [0.1, 0.15) is 5.56 Å². The summed E-state index contributed by atoms with van der Waals surface area (Å²) >= 11 is 0. The van der Waals surface area contributed by atoms with Crippen molar-refractivity contribution in [2.45, 2.75) is 6.42 Å². The van der Waals surface area contributed by atoms with E-state index in [-0.39, 0.29) is 12.4 Å². The standard InChI is InChI=1S/C19H18N2O2.ClH/c1-22-16-8-4-3-7-15(16)21-11-10-13-12-20-18-14(19(13)21)6-5-9-17(18)23-2;/h3-9,12H,10-11H2,1-2H3;1H. The molecule has 2 heterocycles. The van der Waals surface area contributed by atoms with Gasteiger partial charge in [0.25, 0.3) is 0 Å². The summed E-state index contributed by atoms with van der Waals surface area (Å²) in [5.74, 6) is 1.69. The lowest BCUT2D eigenvalue weighted by Gasteiger charge is -2.23. The molecule has 0 N–H and O–H groups in total. The van der Waals surface area contributed by atoms with Crippen molar-refractivity contribution in [3.8, 4) is 11.5 Å². The summed E-state index contributed by atoms with van der Waals surface area (Å²) in [4.78, 5) is 6.93. The van der Waals surface area contributed by atoms with Crippen molar-refractivity contribution in [1.82, 2.24) is 4.98 Å². The van der Waals surface area contributed by atoms with E-state index in [1.807, 2.05) is 36.5 Å². The molecule has 0 atom stereocenters. The summed E-state index contributed by atoms with van der Waals surface area (Å²) in [6.07, 6.45) is 2.95. The molecule has 2 aromatic carbocycles. The number of para-hydroxylation sites is 3. The van der Waals surface area contributed by atoms with Crippen molar-refractivity contribution in [1.29, 1.82) is 0 Å². The lowest BCUT2D eigenvalue weighted by molar-refractivity contribution is 0.415. The molecule has 0 aliphatic carbocycles. The van der Waals surface area contributed by atoms with Crippen molar-refractivity contribution < 1.29 is 9.47 Å². The molecular formula is C19H19ClN2O2. The highest BCUT2D eigenvalue weighted by atomic mass is 35.5. The average Bonchev–Trinajstić information content (AvgIpc) is 3.05. The van der Waals surface area contributed by atoms with Crippen LogP contribution in [-0.2, 0) is 6.42 Å². The molecule has 0 radical (unpaired) electrons. The zero-order chi connectivity index (χ0) is 15.8. The highest BCUT2D eigenvalue weighted by Crippen LogP contribution is 2.43. The fourth-order valence-corrected chi connectivity index (χ4v) is 3.33. The van der Waals surface area contributed by atoms with Crippen molar-refractivity contribution in [2.75, 3.05) is 25.7 Å². The van der Waals surface area contributed by atoms with Gasteiger partial charge in [-0.2, -0.15) is 0 Å². The van der Waals surface area contributed by atoms with E-state index in [0.29, 0.717) is 0 Å². The number of pyridine rings is 1. The van der Waals surface area contributed by atoms with Gasteiger partial charge >= 0.3 is 0 Å². The molecule has 3 aromatic rings. The summed E-state index contributed by atoms with van der Waals surface area (Å²) < 4.78 is 11.0. The monoisotopic (exact) mass is 342 g/mol. The van der Waals surface area contributed by atoms with Gasteiger partial charge in [-0.1, -0.05) is 24.3 Å². The van der Waals surface area contributed by atoms with Crippen molar-refractivity contribution in [3.63, 3.8) is 0 Å². The highest BCUT2D eigenvalue weighted by Gasteiger charge is 2.26. The van der Waals surface area contributed by atoms with Gasteiger partial charge < -0.3 is 14.4 Å². The molecular weight excluding hydrogens is 324 g/mol. The zero-order valence-corrected chi connectivity index (χ0v) is 14.5. The third-order valence-electron chi connectivity index (χ3n) is 4.38. The van der Waals surface area contributed by atoms with Gasteiger partial charge in [0.15, 0.2) is 0 Å². The van der Waals surface area contributed by atoms with Crippen LogP contribution in [0.4, 0.5) is 11.4 Å². The number of hydrogen-bond acceptors (Lipinski definition) is 4. The molecule has 5 heteroatoms. The minimum absolute atomic E-state index is 0. The van der Waals surface area contributed by atoms with Crippen LogP contribution < -0.4 is 14.4 Å². The number of rotatable bonds is 3. The van der Waals surface area contributed by atoms with Crippen LogP contribution in [-0.4, -0.2) is 25.7 Å². The quantitative estimate of drug-likeness (QED) is 0.708. The molecule has 0 saturated heterocycles. The Balaban J connectivity index is 0.00000169. The van der Waals surface area contributed by atoms with E-state index in [0.717, 1.165) is 41.1 Å². The molecule has 124 valence electrons. The minimum Gasteiger partial charge on any atom is -0.495 e. The maximum Gasteiger partial charge on any atom is 0.145 e. The number of anilines is 2. The fraction of sp³-hybridized carbons (Fsp3) is 0.211. The molecule has 24 heavy (non-hydrogen) atoms. The molecule has 0 fully saturated rings. The molecule has 1 aliphatic heterocycles. The Morgan fingerprint density at radius 3 is 2.50 bits per heavy atom. The number of aromatic nitrogens is 1. The Kier molecular flexibility index (Phi) is 4.49.